The summed E-state index contributed by atoms with van der Waals surface area (Å²) in [6, 6.07) is 2.91. The van der Waals surface area contributed by atoms with Gasteiger partial charge in [0.2, 0.25) is 0 Å². The minimum Gasteiger partial charge on any atom is -0.313 e. The lowest BCUT2D eigenvalue weighted by molar-refractivity contribution is 0.209. The van der Waals surface area contributed by atoms with Gasteiger partial charge in [-0.1, -0.05) is 20.3 Å². The van der Waals surface area contributed by atoms with Gasteiger partial charge in [-0.2, -0.15) is 5.26 Å². The van der Waals surface area contributed by atoms with Crippen LogP contribution in [0.15, 0.2) is 0 Å². The zero-order chi connectivity index (χ0) is 11.1. The van der Waals surface area contributed by atoms with Crippen LogP contribution < -0.4 is 5.32 Å². The predicted octanol–water partition coefficient (Wildman–Crippen LogP) is 3.09. The Bertz CT molecular complexity index is 197. The van der Waals surface area contributed by atoms with Gasteiger partial charge in [0.15, 0.2) is 0 Å². The highest BCUT2D eigenvalue weighted by molar-refractivity contribution is 4.83. The Morgan fingerprint density at radius 2 is 1.87 bits per heavy atom. The van der Waals surface area contributed by atoms with Crippen LogP contribution in [0.5, 0.6) is 0 Å². The standard InChI is InChI=1S/C13H24N2/c1-11-7-6-8-12(2)13(11)15-10-5-3-4-9-14/h11-13,15H,3-8,10H2,1-2H3. The van der Waals surface area contributed by atoms with E-state index < -0.39 is 0 Å². The Hall–Kier alpha value is -0.550. The summed E-state index contributed by atoms with van der Waals surface area (Å²) in [6.07, 6.45) is 7.04. The third kappa shape index (κ3) is 4.22. The quantitative estimate of drug-likeness (QED) is 0.705. The van der Waals surface area contributed by atoms with Crippen LogP contribution >= 0.6 is 0 Å². The minimum absolute atomic E-state index is 0.706. The lowest BCUT2D eigenvalue weighted by Gasteiger charge is -2.35. The van der Waals surface area contributed by atoms with Gasteiger partial charge in [-0.15, -0.1) is 0 Å². The molecule has 2 heteroatoms. The molecule has 1 N–H and O–H groups in total. The van der Waals surface area contributed by atoms with Gasteiger partial charge < -0.3 is 5.32 Å². The first-order valence-corrected chi connectivity index (χ1v) is 6.36. The van der Waals surface area contributed by atoms with Gasteiger partial charge in [0.1, 0.15) is 0 Å². The molecular weight excluding hydrogens is 184 g/mol. The number of rotatable bonds is 5. The maximum Gasteiger partial charge on any atom is 0.0621 e. The molecule has 0 heterocycles. The fraction of sp³-hybridized carbons (Fsp3) is 0.923. The van der Waals surface area contributed by atoms with Gasteiger partial charge in [-0.3, -0.25) is 0 Å². The summed E-state index contributed by atoms with van der Waals surface area (Å²) < 4.78 is 0. The molecule has 0 bridgehead atoms. The van der Waals surface area contributed by atoms with E-state index in [0.29, 0.717) is 12.5 Å². The van der Waals surface area contributed by atoms with E-state index in [2.05, 4.69) is 25.2 Å². The van der Waals surface area contributed by atoms with Gasteiger partial charge in [0.05, 0.1) is 6.07 Å². The molecule has 2 nitrogen and oxygen atoms in total. The van der Waals surface area contributed by atoms with E-state index in [4.69, 9.17) is 5.26 Å². The third-order valence-electron chi connectivity index (χ3n) is 3.64. The van der Waals surface area contributed by atoms with Gasteiger partial charge >= 0.3 is 0 Å². The number of hydrogen-bond donors (Lipinski definition) is 1. The van der Waals surface area contributed by atoms with Crippen LogP contribution in [-0.2, 0) is 0 Å². The monoisotopic (exact) mass is 208 g/mol. The van der Waals surface area contributed by atoms with Crippen LogP contribution in [0.3, 0.4) is 0 Å². The van der Waals surface area contributed by atoms with Crippen LogP contribution in [0.1, 0.15) is 52.4 Å². The van der Waals surface area contributed by atoms with Crippen molar-refractivity contribution < 1.29 is 0 Å². The molecule has 1 aliphatic rings. The fourth-order valence-electron chi connectivity index (χ4n) is 2.68. The molecule has 15 heavy (non-hydrogen) atoms. The highest BCUT2D eigenvalue weighted by Crippen LogP contribution is 2.28. The van der Waals surface area contributed by atoms with E-state index >= 15 is 0 Å². The third-order valence-corrected chi connectivity index (χ3v) is 3.64. The van der Waals surface area contributed by atoms with Crippen molar-refractivity contribution in [2.24, 2.45) is 11.8 Å². The number of unbranched alkanes of at least 4 members (excludes halogenated alkanes) is 2. The summed E-state index contributed by atoms with van der Waals surface area (Å²) >= 11 is 0. The average molecular weight is 208 g/mol. The fourth-order valence-corrected chi connectivity index (χ4v) is 2.68. The Morgan fingerprint density at radius 3 is 2.47 bits per heavy atom. The van der Waals surface area contributed by atoms with Crippen LogP contribution in [0, 0.1) is 23.2 Å². The Morgan fingerprint density at radius 1 is 1.20 bits per heavy atom. The van der Waals surface area contributed by atoms with Crippen LogP contribution in [0.25, 0.3) is 0 Å². The van der Waals surface area contributed by atoms with Crippen molar-refractivity contribution in [2.75, 3.05) is 6.54 Å². The molecule has 1 fully saturated rings. The molecule has 1 rings (SSSR count). The first-order valence-electron chi connectivity index (χ1n) is 6.36. The summed E-state index contributed by atoms with van der Waals surface area (Å²) in [7, 11) is 0. The maximum absolute atomic E-state index is 8.43. The van der Waals surface area contributed by atoms with E-state index in [9.17, 15) is 0 Å². The lowest BCUT2D eigenvalue weighted by Crippen LogP contribution is -2.43. The van der Waals surface area contributed by atoms with Gasteiger partial charge in [-0.05, 0) is 44.1 Å². The average Bonchev–Trinajstić information content (AvgIpc) is 2.21. The largest absolute Gasteiger partial charge is 0.313 e. The maximum atomic E-state index is 8.43. The molecule has 1 saturated carbocycles. The zero-order valence-electron chi connectivity index (χ0n) is 10.1. The van der Waals surface area contributed by atoms with Crippen LogP contribution in [-0.4, -0.2) is 12.6 Å². The minimum atomic E-state index is 0.706. The topological polar surface area (TPSA) is 35.8 Å². The molecule has 0 aliphatic heterocycles. The van der Waals surface area contributed by atoms with Gasteiger partial charge in [0, 0.05) is 12.5 Å². The van der Waals surface area contributed by atoms with E-state index in [-0.39, 0.29) is 0 Å². The molecule has 0 radical (unpaired) electrons. The van der Waals surface area contributed by atoms with Crippen molar-refractivity contribution in [2.45, 2.75) is 58.4 Å². The van der Waals surface area contributed by atoms with Crippen LogP contribution in [0.4, 0.5) is 0 Å². The van der Waals surface area contributed by atoms with Gasteiger partial charge in [-0.25, -0.2) is 0 Å². The van der Waals surface area contributed by atoms with Gasteiger partial charge in [0.25, 0.3) is 0 Å². The normalized spacial score (nSPS) is 31.1. The van der Waals surface area contributed by atoms with E-state index in [0.717, 1.165) is 31.2 Å². The highest BCUT2D eigenvalue weighted by Gasteiger charge is 2.26. The number of nitrogens with one attached hydrogen (secondary N) is 1. The number of hydrogen-bond acceptors (Lipinski definition) is 2. The molecule has 0 aromatic carbocycles. The Kier molecular flexibility index (Phi) is 5.71. The molecule has 0 spiro atoms. The molecule has 1 aliphatic carbocycles. The molecule has 86 valence electrons. The molecule has 2 atom stereocenters. The van der Waals surface area contributed by atoms with Crippen LogP contribution in [0.2, 0.25) is 0 Å². The van der Waals surface area contributed by atoms with Crippen molar-refractivity contribution in [3.05, 3.63) is 0 Å². The van der Waals surface area contributed by atoms with E-state index in [1.165, 1.54) is 19.3 Å². The highest BCUT2D eigenvalue weighted by atomic mass is 14.9. The Labute approximate surface area is 94.1 Å². The summed E-state index contributed by atoms with van der Waals surface area (Å²) in [5.41, 5.74) is 0. The second-order valence-electron chi connectivity index (χ2n) is 4.98. The first kappa shape index (κ1) is 12.5. The summed E-state index contributed by atoms with van der Waals surface area (Å²) in [5.74, 6) is 1.65. The molecule has 0 saturated heterocycles. The SMILES string of the molecule is CC1CCCC(C)C1NCCCCC#N. The summed E-state index contributed by atoms with van der Waals surface area (Å²) in [4.78, 5) is 0. The zero-order valence-corrected chi connectivity index (χ0v) is 10.1. The van der Waals surface area contributed by atoms with Crippen molar-refractivity contribution >= 4 is 0 Å². The smallest absolute Gasteiger partial charge is 0.0621 e. The molecular formula is C13H24N2. The predicted molar refractivity (Wildman–Crippen MR) is 63.4 cm³/mol. The lowest BCUT2D eigenvalue weighted by atomic mass is 9.79. The van der Waals surface area contributed by atoms with Crippen molar-refractivity contribution in [1.82, 2.24) is 5.32 Å². The molecule has 2 unspecified atom stereocenters. The van der Waals surface area contributed by atoms with Crippen molar-refractivity contribution in [3.63, 3.8) is 0 Å². The molecule has 0 aromatic heterocycles. The number of nitrogens with zero attached hydrogens (tertiary/aromatic N) is 1. The number of nitriles is 1. The van der Waals surface area contributed by atoms with Crippen molar-refractivity contribution in [1.29, 1.82) is 5.26 Å². The second kappa shape index (κ2) is 6.85. The van der Waals surface area contributed by atoms with E-state index in [1.807, 2.05) is 0 Å². The second-order valence-corrected chi connectivity index (χ2v) is 4.98. The molecule has 0 aromatic rings. The summed E-state index contributed by atoms with van der Waals surface area (Å²) in [5, 5.41) is 12.1. The van der Waals surface area contributed by atoms with Crippen molar-refractivity contribution in [3.8, 4) is 6.07 Å². The Balaban J connectivity index is 2.15. The summed E-state index contributed by atoms with van der Waals surface area (Å²) in [6.45, 7) is 5.81. The first-order chi connectivity index (χ1) is 7.25. The molecule has 0 amide bonds. The van der Waals surface area contributed by atoms with E-state index in [1.54, 1.807) is 0 Å².